The highest BCUT2D eigenvalue weighted by Gasteiger charge is 2.49. The predicted octanol–water partition coefficient (Wildman–Crippen LogP) is 1.25. The number of rotatable bonds is 6. The highest BCUT2D eigenvalue weighted by molar-refractivity contribution is 7.92. The molecule has 7 nitrogen and oxygen atoms in total. The lowest BCUT2D eigenvalue weighted by atomic mass is 9.74. The lowest BCUT2D eigenvalue weighted by molar-refractivity contribution is -0.135. The average Bonchev–Trinajstić information content (AvgIpc) is 2.63. The van der Waals surface area contributed by atoms with Crippen molar-refractivity contribution in [2.24, 2.45) is 11.1 Å². The van der Waals surface area contributed by atoms with E-state index >= 15 is 0 Å². The zero-order chi connectivity index (χ0) is 20.5. The normalized spacial score (nSPS) is 15.6. The quantitative estimate of drug-likeness (QED) is 0.787. The van der Waals surface area contributed by atoms with Gasteiger partial charge in [-0.25, -0.2) is 8.42 Å². The second-order valence-corrected chi connectivity index (χ2v) is 9.26. The van der Waals surface area contributed by atoms with E-state index in [1.807, 2.05) is 30.3 Å². The first-order valence-electron chi connectivity index (χ1n) is 8.79. The summed E-state index contributed by atoms with van der Waals surface area (Å²) < 4.78 is 24.4. The Labute approximate surface area is 164 Å². The van der Waals surface area contributed by atoms with E-state index in [-0.39, 0.29) is 19.0 Å². The molecule has 0 saturated carbocycles. The highest BCUT2D eigenvalue weighted by Crippen LogP contribution is 2.35. The fourth-order valence-electron chi connectivity index (χ4n) is 3.36. The Bertz CT molecular complexity index is 982. The summed E-state index contributed by atoms with van der Waals surface area (Å²) >= 11 is 0. The van der Waals surface area contributed by atoms with Gasteiger partial charge in [0.1, 0.15) is 0 Å². The average molecular weight is 401 g/mol. The Morgan fingerprint density at radius 3 is 2.14 bits per heavy atom. The zero-order valence-electron chi connectivity index (χ0n) is 15.8. The van der Waals surface area contributed by atoms with Crippen molar-refractivity contribution in [1.82, 2.24) is 4.90 Å². The molecule has 148 valence electrons. The molecule has 0 aromatic heterocycles. The molecule has 2 N–H and O–H groups in total. The van der Waals surface area contributed by atoms with E-state index in [9.17, 15) is 18.0 Å². The molecule has 1 aliphatic heterocycles. The molecule has 1 saturated heterocycles. The summed E-state index contributed by atoms with van der Waals surface area (Å²) in [4.78, 5) is 26.3. The molecular formula is C20H23N3O4S. The number of likely N-dealkylation sites (tertiary alicyclic amines) is 1. The van der Waals surface area contributed by atoms with E-state index in [1.54, 1.807) is 29.2 Å². The molecule has 2 amide bonds. The van der Waals surface area contributed by atoms with Gasteiger partial charge < -0.3 is 10.6 Å². The molecule has 8 heteroatoms. The molecule has 3 rings (SSSR count). The minimum Gasteiger partial charge on any atom is -0.369 e. The molecule has 1 heterocycles. The second kappa shape index (κ2) is 7.27. The smallest absolute Gasteiger partial charge is 0.253 e. The molecule has 1 aliphatic rings. The first kappa shape index (κ1) is 19.9. The van der Waals surface area contributed by atoms with Crippen LogP contribution in [0.2, 0.25) is 0 Å². The Morgan fingerprint density at radius 1 is 1.07 bits per heavy atom. The van der Waals surface area contributed by atoms with E-state index in [2.05, 4.69) is 0 Å². The number of nitrogens with two attached hydrogens (primary N) is 1. The van der Waals surface area contributed by atoms with Gasteiger partial charge in [0.15, 0.2) is 0 Å². The Kier molecular flexibility index (Phi) is 5.16. The van der Waals surface area contributed by atoms with Gasteiger partial charge in [0.2, 0.25) is 15.9 Å². The fraction of sp³-hybridized carbons (Fsp3) is 0.300. The largest absolute Gasteiger partial charge is 0.369 e. The monoisotopic (exact) mass is 401 g/mol. The SMILES string of the molecule is CN(c1ccc(C(=O)N2CC(Cc3ccccc3)(C(N)=O)C2)cc1)S(C)(=O)=O. The number of carbonyl (C=O) groups excluding carboxylic acids is 2. The third-order valence-electron chi connectivity index (χ3n) is 5.16. The molecule has 0 aliphatic carbocycles. The van der Waals surface area contributed by atoms with Gasteiger partial charge in [-0.3, -0.25) is 13.9 Å². The van der Waals surface area contributed by atoms with E-state index in [4.69, 9.17) is 5.73 Å². The molecule has 1 fully saturated rings. The lowest BCUT2D eigenvalue weighted by Crippen LogP contribution is -2.64. The van der Waals surface area contributed by atoms with Gasteiger partial charge in [-0.05, 0) is 36.2 Å². The van der Waals surface area contributed by atoms with E-state index in [0.29, 0.717) is 17.7 Å². The summed E-state index contributed by atoms with van der Waals surface area (Å²) in [5, 5.41) is 0. The summed E-state index contributed by atoms with van der Waals surface area (Å²) in [6.07, 6.45) is 1.60. The van der Waals surface area contributed by atoms with Crippen molar-refractivity contribution in [3.05, 3.63) is 65.7 Å². The van der Waals surface area contributed by atoms with Gasteiger partial charge in [-0.15, -0.1) is 0 Å². The predicted molar refractivity (Wildman–Crippen MR) is 107 cm³/mol. The van der Waals surface area contributed by atoms with Gasteiger partial charge in [-0.2, -0.15) is 0 Å². The number of primary amides is 1. The van der Waals surface area contributed by atoms with Crippen molar-refractivity contribution >= 4 is 27.5 Å². The van der Waals surface area contributed by atoms with Gasteiger partial charge in [0.25, 0.3) is 5.91 Å². The van der Waals surface area contributed by atoms with Crippen LogP contribution in [0.1, 0.15) is 15.9 Å². The van der Waals surface area contributed by atoms with Crippen LogP contribution in [-0.4, -0.2) is 51.5 Å². The summed E-state index contributed by atoms with van der Waals surface area (Å²) in [6, 6.07) is 15.9. The first-order valence-corrected chi connectivity index (χ1v) is 10.6. The van der Waals surface area contributed by atoms with Crippen LogP contribution in [0.25, 0.3) is 0 Å². The Balaban J connectivity index is 1.70. The van der Waals surface area contributed by atoms with Crippen LogP contribution in [0.4, 0.5) is 5.69 Å². The molecule has 2 aromatic carbocycles. The van der Waals surface area contributed by atoms with Gasteiger partial charge in [0, 0.05) is 25.7 Å². The van der Waals surface area contributed by atoms with Crippen LogP contribution >= 0.6 is 0 Å². The van der Waals surface area contributed by atoms with Crippen molar-refractivity contribution in [1.29, 1.82) is 0 Å². The third kappa shape index (κ3) is 3.87. The van der Waals surface area contributed by atoms with E-state index in [1.165, 1.54) is 7.05 Å². The number of anilines is 1. The molecule has 0 radical (unpaired) electrons. The molecule has 0 spiro atoms. The topological polar surface area (TPSA) is 101 Å². The van der Waals surface area contributed by atoms with Crippen molar-refractivity contribution in [3.8, 4) is 0 Å². The Hall–Kier alpha value is -2.87. The number of carbonyl (C=O) groups is 2. The van der Waals surface area contributed by atoms with Crippen molar-refractivity contribution < 1.29 is 18.0 Å². The maximum absolute atomic E-state index is 12.7. The van der Waals surface area contributed by atoms with Gasteiger partial charge in [-0.1, -0.05) is 30.3 Å². The molecule has 0 atom stereocenters. The van der Waals surface area contributed by atoms with Gasteiger partial charge >= 0.3 is 0 Å². The number of hydrogen-bond donors (Lipinski definition) is 1. The summed E-state index contributed by atoms with van der Waals surface area (Å²) in [6.45, 7) is 0.530. The third-order valence-corrected chi connectivity index (χ3v) is 6.36. The number of sulfonamides is 1. The fourth-order valence-corrected chi connectivity index (χ4v) is 3.86. The molecule has 0 unspecified atom stereocenters. The maximum atomic E-state index is 12.7. The minimum atomic E-state index is -3.37. The van der Waals surface area contributed by atoms with Crippen LogP contribution in [-0.2, 0) is 21.2 Å². The lowest BCUT2D eigenvalue weighted by Gasteiger charge is -2.48. The van der Waals surface area contributed by atoms with Crippen LogP contribution in [0.15, 0.2) is 54.6 Å². The second-order valence-electron chi connectivity index (χ2n) is 7.25. The molecule has 2 aromatic rings. The maximum Gasteiger partial charge on any atom is 0.253 e. The molecule has 0 bridgehead atoms. The van der Waals surface area contributed by atoms with Crippen LogP contribution in [0.5, 0.6) is 0 Å². The molecular weight excluding hydrogens is 378 g/mol. The van der Waals surface area contributed by atoms with Crippen molar-refractivity contribution in [3.63, 3.8) is 0 Å². The Morgan fingerprint density at radius 2 is 1.64 bits per heavy atom. The van der Waals surface area contributed by atoms with E-state index in [0.717, 1.165) is 16.1 Å². The van der Waals surface area contributed by atoms with Crippen LogP contribution in [0, 0.1) is 5.41 Å². The number of benzene rings is 2. The number of hydrogen-bond acceptors (Lipinski definition) is 4. The van der Waals surface area contributed by atoms with Crippen LogP contribution < -0.4 is 10.0 Å². The molecule has 28 heavy (non-hydrogen) atoms. The number of nitrogens with zero attached hydrogens (tertiary/aromatic N) is 2. The minimum absolute atomic E-state index is 0.210. The van der Waals surface area contributed by atoms with Crippen molar-refractivity contribution in [2.45, 2.75) is 6.42 Å². The number of amides is 2. The van der Waals surface area contributed by atoms with Crippen molar-refractivity contribution in [2.75, 3.05) is 30.7 Å². The van der Waals surface area contributed by atoms with Crippen LogP contribution in [0.3, 0.4) is 0 Å². The summed E-state index contributed by atoms with van der Waals surface area (Å²) in [5.41, 5.74) is 6.79. The zero-order valence-corrected chi connectivity index (χ0v) is 16.6. The highest BCUT2D eigenvalue weighted by atomic mass is 32.2. The van der Waals surface area contributed by atoms with E-state index < -0.39 is 21.3 Å². The van der Waals surface area contributed by atoms with Gasteiger partial charge in [0.05, 0.1) is 17.4 Å². The first-order chi connectivity index (χ1) is 13.1. The summed E-state index contributed by atoms with van der Waals surface area (Å²) in [5.74, 6) is -0.621. The standard InChI is InChI=1S/C20H23N3O4S/c1-22(28(2,26)27)17-10-8-16(9-11-17)18(24)23-13-20(14-23,19(21)25)12-15-6-4-3-5-7-15/h3-11H,12-14H2,1-2H3,(H2,21,25). The summed E-state index contributed by atoms with van der Waals surface area (Å²) in [7, 11) is -1.92.